The van der Waals surface area contributed by atoms with Gasteiger partial charge in [0.2, 0.25) is 0 Å². The molecule has 0 aliphatic heterocycles. The molecule has 2 aromatic rings. The minimum Gasteiger partial charge on any atom is -0.594 e. The molecule has 2 rings (SSSR count). The molecule has 0 radical (unpaired) electrons. The molecule has 1 heterocycles. The highest BCUT2D eigenvalue weighted by atomic mass is 35.5. The van der Waals surface area contributed by atoms with E-state index < -0.39 is 11.6 Å². The topological polar surface area (TPSA) is 94.9 Å². The van der Waals surface area contributed by atoms with Gasteiger partial charge in [-0.3, -0.25) is 5.41 Å². The maximum absolute atomic E-state index is 11.4. The molecule has 0 saturated heterocycles. The van der Waals surface area contributed by atoms with E-state index in [-0.39, 0.29) is 16.9 Å². The summed E-state index contributed by atoms with van der Waals surface area (Å²) in [4.78, 5) is 16.2. The fraction of sp³-hybridized carbons (Fsp3) is 0.111. The zero-order chi connectivity index (χ0) is 12.4. The number of nitrogens with one attached hydrogen (secondary N) is 1. The molecule has 1 aromatic heterocycles. The average Bonchev–Trinajstić information content (AvgIpc) is 2.34. The predicted molar refractivity (Wildman–Crippen MR) is 56.9 cm³/mol. The third-order valence-electron chi connectivity index (χ3n) is 1.99. The van der Waals surface area contributed by atoms with Crippen LogP contribution >= 0.6 is 11.6 Å². The Bertz CT molecular complexity index is 640. The molecule has 0 bridgehead atoms. The van der Waals surface area contributed by atoms with E-state index in [2.05, 4.69) is 5.10 Å². The average molecular weight is 255 g/mol. The third kappa shape index (κ3) is 2.04. The Balaban J connectivity index is 2.69. The van der Waals surface area contributed by atoms with Crippen molar-refractivity contribution in [2.45, 2.75) is 0 Å². The number of nitrogens with zero attached hydrogens (tertiary/aromatic N) is 3. The van der Waals surface area contributed by atoms with E-state index in [0.717, 1.165) is 4.73 Å². The molecule has 0 fully saturated rings. The first-order valence-corrected chi connectivity index (χ1v) is 5.10. The number of halogens is 1. The molecule has 8 heteroatoms. The van der Waals surface area contributed by atoms with E-state index in [4.69, 9.17) is 21.8 Å². The molecule has 0 saturated carbocycles. The van der Waals surface area contributed by atoms with Crippen molar-refractivity contribution in [3.05, 3.63) is 35.1 Å². The molecule has 17 heavy (non-hydrogen) atoms. The van der Waals surface area contributed by atoms with Crippen LogP contribution in [0, 0.1) is 10.6 Å². The lowest BCUT2D eigenvalue weighted by Gasteiger charge is -2.07. The van der Waals surface area contributed by atoms with E-state index in [9.17, 15) is 10.0 Å². The Kier molecular flexibility index (Phi) is 2.92. The van der Waals surface area contributed by atoms with Crippen LogP contribution in [0.2, 0.25) is 0 Å². The number of hydrogen-bond acceptors (Lipinski definition) is 5. The first kappa shape index (κ1) is 11.3. The molecule has 0 aliphatic carbocycles. The summed E-state index contributed by atoms with van der Waals surface area (Å²) in [5, 5.41) is 22.2. The van der Waals surface area contributed by atoms with E-state index >= 15 is 0 Å². The van der Waals surface area contributed by atoms with Crippen molar-refractivity contribution in [3.63, 3.8) is 0 Å². The summed E-state index contributed by atoms with van der Waals surface area (Å²) >= 11 is 5.30. The van der Waals surface area contributed by atoms with Gasteiger partial charge in [-0.15, -0.1) is 16.3 Å². The van der Waals surface area contributed by atoms with Gasteiger partial charge in [0.25, 0.3) is 5.52 Å². The van der Waals surface area contributed by atoms with Gasteiger partial charge in [-0.05, 0) is 10.9 Å². The van der Waals surface area contributed by atoms with Crippen molar-refractivity contribution in [1.29, 1.82) is 5.41 Å². The highest BCUT2D eigenvalue weighted by Gasteiger charge is 2.14. The SMILES string of the molecule is N=c1n[n+]([O-])c2ccccc2n1OC(=O)CCl. The summed E-state index contributed by atoms with van der Waals surface area (Å²) in [6.45, 7) is 0. The second kappa shape index (κ2) is 4.38. The van der Waals surface area contributed by atoms with Crippen molar-refractivity contribution in [3.8, 4) is 0 Å². The molecule has 1 aromatic carbocycles. The summed E-state index contributed by atoms with van der Waals surface area (Å²) in [7, 11) is 0. The van der Waals surface area contributed by atoms with Crippen LogP contribution in [0.3, 0.4) is 0 Å². The van der Waals surface area contributed by atoms with Crippen LogP contribution in [-0.4, -0.2) is 21.7 Å². The lowest BCUT2D eigenvalue weighted by molar-refractivity contribution is -0.645. The van der Waals surface area contributed by atoms with Crippen molar-refractivity contribution < 1.29 is 14.5 Å². The van der Waals surface area contributed by atoms with E-state index in [1.807, 2.05) is 0 Å². The maximum atomic E-state index is 11.4. The number of para-hydroxylation sites is 2. The first-order valence-electron chi connectivity index (χ1n) is 4.57. The van der Waals surface area contributed by atoms with Gasteiger partial charge in [-0.2, -0.15) is 0 Å². The first-order chi connectivity index (χ1) is 8.13. The van der Waals surface area contributed by atoms with E-state index in [0.29, 0.717) is 4.85 Å². The van der Waals surface area contributed by atoms with Gasteiger partial charge in [0, 0.05) is 6.07 Å². The Morgan fingerprint density at radius 1 is 1.59 bits per heavy atom. The minimum atomic E-state index is -0.735. The van der Waals surface area contributed by atoms with Gasteiger partial charge in [-0.1, -0.05) is 12.1 Å². The van der Waals surface area contributed by atoms with Crippen LogP contribution in [0.15, 0.2) is 24.3 Å². The Labute approximate surface area is 99.9 Å². The Hall–Kier alpha value is -2.15. The zero-order valence-corrected chi connectivity index (χ0v) is 9.22. The Morgan fingerprint density at radius 2 is 2.29 bits per heavy atom. The molecule has 7 nitrogen and oxygen atoms in total. The number of alkyl halides is 1. The van der Waals surface area contributed by atoms with Crippen molar-refractivity contribution in [2.24, 2.45) is 0 Å². The lowest BCUT2D eigenvalue weighted by atomic mass is 10.3. The van der Waals surface area contributed by atoms with Crippen LogP contribution in [-0.2, 0) is 4.79 Å². The largest absolute Gasteiger partial charge is 0.594 e. The highest BCUT2D eigenvalue weighted by molar-refractivity contribution is 6.26. The van der Waals surface area contributed by atoms with Crippen LogP contribution in [0.5, 0.6) is 0 Å². The van der Waals surface area contributed by atoms with Crippen LogP contribution < -0.4 is 15.3 Å². The molecule has 0 unspecified atom stereocenters. The fourth-order valence-electron chi connectivity index (χ4n) is 1.31. The number of carbonyl (C=O) groups is 1. The molecular formula is C9H7ClN4O3. The second-order valence-electron chi connectivity index (χ2n) is 3.08. The summed E-state index contributed by atoms with van der Waals surface area (Å²) in [6.07, 6.45) is 0. The van der Waals surface area contributed by atoms with Crippen molar-refractivity contribution in [2.75, 3.05) is 5.88 Å². The number of benzene rings is 1. The predicted octanol–water partition coefficient (Wildman–Crippen LogP) is -0.657. The minimum absolute atomic E-state index is 0.186. The maximum Gasteiger partial charge on any atom is 0.347 e. The number of hydrogen-bond donors (Lipinski definition) is 1. The van der Waals surface area contributed by atoms with Gasteiger partial charge in [0.15, 0.2) is 5.52 Å². The molecular weight excluding hydrogens is 248 g/mol. The summed E-state index contributed by atoms with van der Waals surface area (Å²) in [5.74, 6) is -1.09. The quantitative estimate of drug-likeness (QED) is 0.437. The summed E-state index contributed by atoms with van der Waals surface area (Å²) in [5.41, 5.74) is -0.0380. The van der Waals surface area contributed by atoms with Gasteiger partial charge < -0.3 is 10.0 Å². The number of fused-ring (bicyclic) bond motifs is 1. The smallest absolute Gasteiger partial charge is 0.347 e. The summed E-state index contributed by atoms with van der Waals surface area (Å²) < 4.78 is 0.856. The number of carbonyl (C=O) groups excluding carboxylic acids is 1. The lowest BCUT2D eigenvalue weighted by Crippen LogP contribution is -2.45. The van der Waals surface area contributed by atoms with E-state index in [1.165, 1.54) is 12.1 Å². The highest BCUT2D eigenvalue weighted by Crippen LogP contribution is 2.04. The van der Waals surface area contributed by atoms with Gasteiger partial charge in [-0.25, -0.2) is 4.79 Å². The van der Waals surface area contributed by atoms with Gasteiger partial charge in [0.1, 0.15) is 5.88 Å². The normalized spacial score (nSPS) is 10.4. The van der Waals surface area contributed by atoms with Gasteiger partial charge in [0.05, 0.1) is 5.10 Å². The second-order valence-corrected chi connectivity index (χ2v) is 3.34. The third-order valence-corrected chi connectivity index (χ3v) is 2.20. The number of rotatable bonds is 2. The van der Waals surface area contributed by atoms with Crippen LogP contribution in [0.1, 0.15) is 0 Å². The number of aromatic nitrogens is 3. The molecule has 0 amide bonds. The Morgan fingerprint density at radius 3 is 3.00 bits per heavy atom. The van der Waals surface area contributed by atoms with Gasteiger partial charge >= 0.3 is 11.6 Å². The summed E-state index contributed by atoms with van der Waals surface area (Å²) in [6, 6.07) is 6.31. The molecule has 0 spiro atoms. The molecule has 0 atom stereocenters. The van der Waals surface area contributed by atoms with Crippen molar-refractivity contribution in [1.82, 2.24) is 9.83 Å². The molecule has 0 aliphatic rings. The zero-order valence-electron chi connectivity index (χ0n) is 8.46. The van der Waals surface area contributed by atoms with E-state index in [1.54, 1.807) is 12.1 Å². The van der Waals surface area contributed by atoms with Crippen molar-refractivity contribution >= 4 is 28.6 Å². The molecule has 88 valence electrons. The fourth-order valence-corrected chi connectivity index (χ4v) is 1.36. The van der Waals surface area contributed by atoms with Crippen LogP contribution in [0.4, 0.5) is 0 Å². The molecule has 1 N–H and O–H groups in total. The monoisotopic (exact) mass is 254 g/mol. The standard InChI is InChI=1S/C9H7ClN4O3/c10-5-8(15)17-13-6-3-1-2-4-7(6)14(16)12-9(13)11/h1-4,11H,5H2. The van der Waals surface area contributed by atoms with Crippen LogP contribution in [0.25, 0.3) is 11.0 Å².